The van der Waals surface area contributed by atoms with Crippen LogP contribution in [0.25, 0.3) is 0 Å². The zero-order valence-electron chi connectivity index (χ0n) is 18.9. The van der Waals surface area contributed by atoms with Gasteiger partial charge in [0.05, 0.1) is 19.4 Å². The van der Waals surface area contributed by atoms with Gasteiger partial charge in [0.1, 0.15) is 5.75 Å². The van der Waals surface area contributed by atoms with Gasteiger partial charge in [0, 0.05) is 45.0 Å². The van der Waals surface area contributed by atoms with Gasteiger partial charge in [0.15, 0.2) is 5.96 Å². The second kappa shape index (κ2) is 12.1. The molecule has 4 rings (SSSR count). The first-order chi connectivity index (χ1) is 15.2. The van der Waals surface area contributed by atoms with E-state index in [4.69, 9.17) is 9.47 Å². The Bertz CT molecular complexity index is 890. The number of ether oxygens (including phenoxy) is 2. The monoisotopic (exact) mass is 551 g/mol. The minimum atomic E-state index is 0. The van der Waals surface area contributed by atoms with Crippen LogP contribution in [0, 0.1) is 5.92 Å². The second-order valence-electron chi connectivity index (χ2n) is 8.28. The predicted octanol–water partition coefficient (Wildman–Crippen LogP) is 3.83. The van der Waals surface area contributed by atoms with E-state index in [1.165, 1.54) is 12.8 Å². The smallest absolute Gasteiger partial charge is 0.213 e. The Morgan fingerprint density at radius 1 is 1.22 bits per heavy atom. The van der Waals surface area contributed by atoms with Crippen molar-refractivity contribution >= 4 is 35.6 Å². The van der Waals surface area contributed by atoms with Crippen LogP contribution in [0.4, 0.5) is 5.69 Å². The highest BCUT2D eigenvalue weighted by atomic mass is 127. The fraction of sp³-hybridized carbons (Fsp3) is 0.500. The minimum Gasteiger partial charge on any atom is -0.495 e. The van der Waals surface area contributed by atoms with Gasteiger partial charge < -0.3 is 25.0 Å². The molecular weight excluding hydrogens is 517 g/mol. The second-order valence-corrected chi connectivity index (χ2v) is 8.28. The first kappa shape index (κ1) is 24.4. The third kappa shape index (κ3) is 6.88. The number of aromatic nitrogens is 1. The lowest BCUT2D eigenvalue weighted by Crippen LogP contribution is -2.51. The number of hydrogen-bond donors (Lipinski definition) is 2. The van der Waals surface area contributed by atoms with Crippen LogP contribution in [-0.4, -0.2) is 50.8 Å². The van der Waals surface area contributed by atoms with Crippen molar-refractivity contribution in [1.29, 1.82) is 0 Å². The first-order valence-corrected chi connectivity index (χ1v) is 11.2. The van der Waals surface area contributed by atoms with Gasteiger partial charge in [-0.05, 0) is 55.4 Å². The van der Waals surface area contributed by atoms with Crippen LogP contribution >= 0.6 is 24.0 Å². The minimum absolute atomic E-state index is 0. The number of nitrogens with one attached hydrogen (secondary N) is 2. The number of halogens is 1. The summed E-state index contributed by atoms with van der Waals surface area (Å²) < 4.78 is 11.4. The summed E-state index contributed by atoms with van der Waals surface area (Å²) in [5, 5.41) is 7.01. The molecule has 0 amide bonds. The average molecular weight is 551 g/mol. The molecule has 0 bridgehead atoms. The molecule has 0 radical (unpaired) electrons. The Hall–Kier alpha value is -2.23. The van der Waals surface area contributed by atoms with Crippen molar-refractivity contribution in [2.75, 3.05) is 38.8 Å². The van der Waals surface area contributed by atoms with E-state index in [-0.39, 0.29) is 24.0 Å². The van der Waals surface area contributed by atoms with Gasteiger partial charge in [-0.25, -0.2) is 4.98 Å². The Kier molecular flexibility index (Phi) is 9.25. The van der Waals surface area contributed by atoms with Crippen molar-refractivity contribution in [3.63, 3.8) is 0 Å². The van der Waals surface area contributed by atoms with Crippen molar-refractivity contribution in [3.05, 3.63) is 48.2 Å². The van der Waals surface area contributed by atoms with Crippen LogP contribution < -0.4 is 25.0 Å². The zero-order chi connectivity index (χ0) is 21.5. The number of benzene rings is 1. The number of aliphatic imine (C=N–C) groups is 1. The maximum absolute atomic E-state index is 5.80. The van der Waals surface area contributed by atoms with Gasteiger partial charge in [0.2, 0.25) is 5.88 Å². The number of nitrogens with zero attached hydrogens (tertiary/aromatic N) is 3. The molecule has 2 aliphatic rings. The molecule has 32 heavy (non-hydrogen) atoms. The molecule has 8 heteroatoms. The highest BCUT2D eigenvalue weighted by molar-refractivity contribution is 14.0. The summed E-state index contributed by atoms with van der Waals surface area (Å²) in [5.74, 6) is 3.15. The van der Waals surface area contributed by atoms with E-state index in [0.29, 0.717) is 18.5 Å². The predicted molar refractivity (Wildman–Crippen MR) is 139 cm³/mol. The molecule has 1 aromatic carbocycles. The van der Waals surface area contributed by atoms with Gasteiger partial charge in [0.25, 0.3) is 0 Å². The molecular formula is C24H34IN5O2. The van der Waals surface area contributed by atoms with E-state index in [9.17, 15) is 0 Å². The fourth-order valence-electron chi connectivity index (χ4n) is 3.91. The van der Waals surface area contributed by atoms with Crippen molar-refractivity contribution in [1.82, 2.24) is 15.6 Å². The lowest BCUT2D eigenvalue weighted by Gasteiger charge is -2.36. The average Bonchev–Trinajstić information content (AvgIpc) is 3.65. The summed E-state index contributed by atoms with van der Waals surface area (Å²) in [4.78, 5) is 11.1. The lowest BCUT2D eigenvalue weighted by molar-refractivity contribution is 0.288. The van der Waals surface area contributed by atoms with Crippen molar-refractivity contribution in [2.45, 2.75) is 38.3 Å². The highest BCUT2D eigenvalue weighted by Crippen LogP contribution is 2.30. The SMILES string of the molecule is CN=C(NCc1ccnc(OCC2CC2)c1)NC1CCCN(c2ccccc2OC)C1.I. The van der Waals surface area contributed by atoms with E-state index in [2.05, 4.69) is 37.6 Å². The van der Waals surface area contributed by atoms with Crippen molar-refractivity contribution in [3.8, 4) is 11.6 Å². The van der Waals surface area contributed by atoms with Crippen LogP contribution in [0.15, 0.2) is 47.6 Å². The summed E-state index contributed by atoms with van der Waals surface area (Å²) in [6, 6.07) is 12.5. The molecule has 2 fully saturated rings. The zero-order valence-corrected chi connectivity index (χ0v) is 21.2. The largest absolute Gasteiger partial charge is 0.495 e. The van der Waals surface area contributed by atoms with Crippen LogP contribution in [-0.2, 0) is 6.54 Å². The van der Waals surface area contributed by atoms with Crippen LogP contribution in [0.2, 0.25) is 0 Å². The summed E-state index contributed by atoms with van der Waals surface area (Å²) in [7, 11) is 3.54. The molecule has 1 aliphatic carbocycles. The molecule has 2 aromatic rings. The fourth-order valence-corrected chi connectivity index (χ4v) is 3.91. The standard InChI is InChI=1S/C24H33N5O2.HI/c1-25-24(27-15-19-11-12-26-23(14-19)31-17-18-9-10-18)28-20-6-5-13-29(16-20)21-7-3-4-8-22(21)30-2;/h3-4,7-8,11-12,14,18,20H,5-6,9-10,13,15-17H2,1-2H3,(H2,25,27,28);1H. The van der Waals surface area contributed by atoms with Crippen LogP contribution in [0.3, 0.4) is 0 Å². The van der Waals surface area contributed by atoms with Crippen molar-refractivity contribution < 1.29 is 9.47 Å². The van der Waals surface area contributed by atoms with E-state index < -0.39 is 0 Å². The topological polar surface area (TPSA) is 71.0 Å². The van der Waals surface area contributed by atoms with E-state index in [0.717, 1.165) is 61.4 Å². The number of anilines is 1. The van der Waals surface area contributed by atoms with Crippen molar-refractivity contribution in [2.24, 2.45) is 10.9 Å². The molecule has 2 heterocycles. The third-order valence-corrected chi connectivity index (χ3v) is 5.83. The molecule has 1 aromatic heterocycles. The molecule has 174 valence electrons. The maximum atomic E-state index is 5.80. The Morgan fingerprint density at radius 2 is 2.06 bits per heavy atom. The maximum Gasteiger partial charge on any atom is 0.213 e. The highest BCUT2D eigenvalue weighted by Gasteiger charge is 2.23. The lowest BCUT2D eigenvalue weighted by atomic mass is 10.0. The third-order valence-electron chi connectivity index (χ3n) is 5.83. The summed E-state index contributed by atoms with van der Waals surface area (Å²) in [6.45, 7) is 3.39. The van der Waals surface area contributed by atoms with Gasteiger partial charge in [-0.15, -0.1) is 24.0 Å². The summed E-state index contributed by atoms with van der Waals surface area (Å²) in [6.07, 6.45) is 6.60. The molecule has 1 unspecified atom stereocenters. The Balaban J connectivity index is 0.00000289. The van der Waals surface area contributed by atoms with Gasteiger partial charge in [-0.2, -0.15) is 0 Å². The quantitative estimate of drug-likeness (QED) is 0.295. The summed E-state index contributed by atoms with van der Waals surface area (Å²) >= 11 is 0. The molecule has 2 N–H and O–H groups in total. The number of piperidine rings is 1. The van der Waals surface area contributed by atoms with Gasteiger partial charge >= 0.3 is 0 Å². The normalized spacial score (nSPS) is 18.5. The number of pyridine rings is 1. The summed E-state index contributed by atoms with van der Waals surface area (Å²) in [5.41, 5.74) is 2.28. The first-order valence-electron chi connectivity index (χ1n) is 11.2. The molecule has 1 aliphatic heterocycles. The van der Waals surface area contributed by atoms with E-state index >= 15 is 0 Å². The van der Waals surface area contributed by atoms with Gasteiger partial charge in [-0.3, -0.25) is 4.99 Å². The molecule has 1 saturated carbocycles. The number of guanidine groups is 1. The Labute approximate surface area is 208 Å². The number of methoxy groups -OCH3 is 1. The van der Waals surface area contributed by atoms with E-state index in [1.54, 1.807) is 7.11 Å². The molecule has 1 atom stereocenters. The molecule has 1 saturated heterocycles. The van der Waals surface area contributed by atoms with Gasteiger partial charge in [-0.1, -0.05) is 12.1 Å². The Morgan fingerprint density at radius 3 is 2.84 bits per heavy atom. The number of para-hydroxylation sites is 2. The molecule has 7 nitrogen and oxygen atoms in total. The molecule has 0 spiro atoms. The number of hydrogen-bond acceptors (Lipinski definition) is 5. The van der Waals surface area contributed by atoms with Crippen LogP contribution in [0.1, 0.15) is 31.2 Å². The van der Waals surface area contributed by atoms with E-state index in [1.807, 2.05) is 37.5 Å². The number of rotatable bonds is 8. The van der Waals surface area contributed by atoms with Crippen LogP contribution in [0.5, 0.6) is 11.6 Å².